The average molecular weight is 316 g/mol. The van der Waals surface area contributed by atoms with E-state index in [1.807, 2.05) is 43.3 Å². The molecule has 1 aliphatic rings. The molecule has 0 fully saturated rings. The fourth-order valence-electron chi connectivity index (χ4n) is 2.10. The number of thioether (sulfide) groups is 2. The normalized spacial score (nSPS) is 15.8. The summed E-state index contributed by atoms with van der Waals surface area (Å²) in [5.74, 6) is 1.05. The molecule has 0 spiro atoms. The van der Waals surface area contributed by atoms with Gasteiger partial charge in [-0.25, -0.2) is 0 Å². The second-order valence-electron chi connectivity index (χ2n) is 4.81. The second kappa shape index (κ2) is 6.54. The van der Waals surface area contributed by atoms with Crippen molar-refractivity contribution in [1.82, 2.24) is 0 Å². The van der Waals surface area contributed by atoms with Gasteiger partial charge in [0.15, 0.2) is 0 Å². The quantitative estimate of drug-likeness (QED) is 0.930. The molecule has 2 aromatic carbocycles. The maximum atomic E-state index is 12.2. The summed E-state index contributed by atoms with van der Waals surface area (Å²) in [4.78, 5) is 16.6. The molecule has 3 rings (SSSR count). The zero-order valence-electron chi connectivity index (χ0n) is 11.7. The number of anilines is 1. The van der Waals surface area contributed by atoms with Gasteiger partial charge >= 0.3 is 0 Å². The van der Waals surface area contributed by atoms with E-state index in [0.29, 0.717) is 0 Å². The molecule has 1 atom stereocenters. The zero-order valence-corrected chi connectivity index (χ0v) is 13.3. The van der Waals surface area contributed by atoms with Crippen LogP contribution in [0.4, 0.5) is 5.69 Å². The molecule has 0 aliphatic carbocycles. The number of fused-ring (bicyclic) bond motifs is 1. The third kappa shape index (κ3) is 3.60. The molecule has 0 radical (unpaired) electrons. The van der Waals surface area contributed by atoms with E-state index in [0.717, 1.165) is 27.7 Å². The molecule has 1 amide bonds. The molecule has 3 nitrogen and oxygen atoms in total. The molecule has 0 aromatic heterocycles. The predicted molar refractivity (Wildman–Crippen MR) is 94.4 cm³/mol. The van der Waals surface area contributed by atoms with E-state index in [1.165, 1.54) is 17.1 Å². The van der Waals surface area contributed by atoms with Crippen LogP contribution in [0, 0.1) is 0 Å². The first kappa shape index (κ1) is 14.5. The van der Waals surface area contributed by atoms with Crippen LogP contribution in [0.25, 0.3) is 10.8 Å². The molecule has 0 unspecified atom stereocenters. The number of hydrogen-bond acceptors (Lipinski definition) is 4. The maximum absolute atomic E-state index is 12.2. The average Bonchev–Trinajstić information content (AvgIpc) is 3.00. The third-order valence-electron chi connectivity index (χ3n) is 3.22. The summed E-state index contributed by atoms with van der Waals surface area (Å²) in [6.07, 6.45) is 0. The van der Waals surface area contributed by atoms with E-state index < -0.39 is 0 Å². The molecule has 21 heavy (non-hydrogen) atoms. The highest BCUT2D eigenvalue weighted by Crippen LogP contribution is 2.26. The zero-order chi connectivity index (χ0) is 14.7. The fraction of sp³-hybridized carbons (Fsp3) is 0.250. The molecule has 0 bridgehead atoms. The molecule has 0 saturated carbocycles. The van der Waals surface area contributed by atoms with E-state index in [2.05, 4.69) is 16.4 Å². The Morgan fingerprint density at radius 1 is 1.29 bits per heavy atom. The van der Waals surface area contributed by atoms with Gasteiger partial charge in [0, 0.05) is 11.4 Å². The van der Waals surface area contributed by atoms with E-state index in [-0.39, 0.29) is 11.2 Å². The van der Waals surface area contributed by atoms with Gasteiger partial charge in [0.2, 0.25) is 5.91 Å². The first-order chi connectivity index (χ1) is 10.2. The smallest absolute Gasteiger partial charge is 0.237 e. The van der Waals surface area contributed by atoms with Gasteiger partial charge in [-0.3, -0.25) is 9.79 Å². The van der Waals surface area contributed by atoms with Crippen LogP contribution in [-0.4, -0.2) is 27.8 Å². The Hall–Kier alpha value is -1.46. The molecular weight excluding hydrogens is 300 g/mol. The Balaban J connectivity index is 1.67. The molecule has 0 saturated heterocycles. The van der Waals surface area contributed by atoms with E-state index in [1.54, 1.807) is 11.8 Å². The molecule has 108 valence electrons. The van der Waals surface area contributed by atoms with Gasteiger partial charge in [0.1, 0.15) is 4.38 Å². The van der Waals surface area contributed by atoms with Gasteiger partial charge in [0.05, 0.1) is 11.8 Å². The molecule has 1 aliphatic heterocycles. The molecule has 1 heterocycles. The Labute approximate surface area is 132 Å². The summed E-state index contributed by atoms with van der Waals surface area (Å²) in [6, 6.07) is 14.1. The Morgan fingerprint density at radius 3 is 2.86 bits per heavy atom. The first-order valence-corrected chi connectivity index (χ1v) is 8.72. The van der Waals surface area contributed by atoms with Crippen molar-refractivity contribution in [2.75, 3.05) is 17.6 Å². The number of carbonyl (C=O) groups excluding carboxylic acids is 1. The molecular formula is C16H16N2OS2. The lowest BCUT2D eigenvalue weighted by Gasteiger charge is -2.12. The van der Waals surface area contributed by atoms with Crippen molar-refractivity contribution < 1.29 is 4.79 Å². The molecule has 5 heteroatoms. The van der Waals surface area contributed by atoms with Crippen molar-refractivity contribution in [3.8, 4) is 0 Å². The van der Waals surface area contributed by atoms with Gasteiger partial charge < -0.3 is 5.32 Å². The summed E-state index contributed by atoms with van der Waals surface area (Å²) >= 11 is 3.27. The van der Waals surface area contributed by atoms with Crippen LogP contribution in [0.1, 0.15) is 6.92 Å². The Bertz CT molecular complexity index is 699. The second-order valence-corrected chi connectivity index (χ2v) is 7.48. The van der Waals surface area contributed by atoms with Gasteiger partial charge in [-0.2, -0.15) is 0 Å². The minimum absolute atomic E-state index is 0.0190. The third-order valence-corrected chi connectivity index (χ3v) is 5.52. The largest absolute Gasteiger partial charge is 0.325 e. The lowest BCUT2D eigenvalue weighted by atomic mass is 10.1. The van der Waals surface area contributed by atoms with Crippen molar-refractivity contribution in [1.29, 1.82) is 0 Å². The van der Waals surface area contributed by atoms with Crippen molar-refractivity contribution >= 4 is 50.3 Å². The van der Waals surface area contributed by atoms with E-state index in [9.17, 15) is 4.79 Å². The predicted octanol–water partition coefficient (Wildman–Crippen LogP) is 4.00. The van der Waals surface area contributed by atoms with Crippen LogP contribution in [0.3, 0.4) is 0 Å². The number of benzene rings is 2. The topological polar surface area (TPSA) is 41.5 Å². The van der Waals surface area contributed by atoms with Gasteiger partial charge in [-0.15, -0.1) is 0 Å². The van der Waals surface area contributed by atoms with Gasteiger partial charge in [-0.05, 0) is 29.8 Å². The minimum atomic E-state index is -0.138. The number of carbonyl (C=O) groups is 1. The molecule has 1 N–H and O–H groups in total. The van der Waals surface area contributed by atoms with Crippen LogP contribution in [0.15, 0.2) is 47.5 Å². The maximum Gasteiger partial charge on any atom is 0.237 e. The Morgan fingerprint density at radius 2 is 2.10 bits per heavy atom. The highest BCUT2D eigenvalue weighted by Gasteiger charge is 2.18. The van der Waals surface area contributed by atoms with Gasteiger partial charge in [-0.1, -0.05) is 53.9 Å². The number of nitrogens with one attached hydrogen (secondary N) is 1. The summed E-state index contributed by atoms with van der Waals surface area (Å²) in [6.45, 7) is 2.79. The number of rotatable bonds is 3. The van der Waals surface area contributed by atoms with Crippen molar-refractivity contribution in [3.63, 3.8) is 0 Å². The highest BCUT2D eigenvalue weighted by molar-refractivity contribution is 8.39. The fourth-order valence-corrected chi connectivity index (χ4v) is 4.23. The number of amides is 1. The van der Waals surface area contributed by atoms with Crippen LogP contribution < -0.4 is 5.32 Å². The van der Waals surface area contributed by atoms with Crippen molar-refractivity contribution in [3.05, 3.63) is 42.5 Å². The highest BCUT2D eigenvalue weighted by atomic mass is 32.2. The molecule has 2 aromatic rings. The van der Waals surface area contributed by atoms with Crippen LogP contribution >= 0.6 is 23.5 Å². The monoisotopic (exact) mass is 316 g/mol. The minimum Gasteiger partial charge on any atom is -0.325 e. The van der Waals surface area contributed by atoms with Crippen LogP contribution in [0.5, 0.6) is 0 Å². The van der Waals surface area contributed by atoms with Crippen LogP contribution in [0.2, 0.25) is 0 Å². The first-order valence-electron chi connectivity index (χ1n) is 6.86. The SMILES string of the molecule is C[C@H](SC1=NCCS1)C(=O)Nc1ccc2ccccc2c1. The summed E-state index contributed by atoms with van der Waals surface area (Å²) in [7, 11) is 0. The van der Waals surface area contributed by atoms with Gasteiger partial charge in [0.25, 0.3) is 0 Å². The van der Waals surface area contributed by atoms with E-state index >= 15 is 0 Å². The lowest BCUT2D eigenvalue weighted by Crippen LogP contribution is -2.23. The summed E-state index contributed by atoms with van der Waals surface area (Å²) in [5.41, 5.74) is 0.840. The lowest BCUT2D eigenvalue weighted by molar-refractivity contribution is -0.115. The summed E-state index contributed by atoms with van der Waals surface area (Å²) < 4.78 is 1.02. The number of nitrogens with zero attached hydrogens (tertiary/aromatic N) is 1. The van der Waals surface area contributed by atoms with Crippen molar-refractivity contribution in [2.45, 2.75) is 12.2 Å². The standard InChI is InChI=1S/C16H16N2OS2/c1-11(21-16-17-8-9-20-16)15(19)18-14-7-6-12-4-2-3-5-13(12)10-14/h2-7,10-11H,8-9H2,1H3,(H,18,19)/t11-/m0/s1. The van der Waals surface area contributed by atoms with Crippen LogP contribution in [-0.2, 0) is 4.79 Å². The number of aliphatic imine (C=N–C) groups is 1. The Kier molecular flexibility index (Phi) is 4.51. The number of hydrogen-bond donors (Lipinski definition) is 1. The van der Waals surface area contributed by atoms with E-state index in [4.69, 9.17) is 0 Å². The summed E-state index contributed by atoms with van der Waals surface area (Å²) in [5, 5.41) is 5.15. The van der Waals surface area contributed by atoms with Crippen molar-refractivity contribution in [2.24, 2.45) is 4.99 Å².